The lowest BCUT2D eigenvalue weighted by Gasteiger charge is -2.07. The van der Waals surface area contributed by atoms with E-state index in [4.69, 9.17) is 34.8 Å². The summed E-state index contributed by atoms with van der Waals surface area (Å²) in [7, 11) is 0. The molecule has 8 heteroatoms. The zero-order chi connectivity index (χ0) is 14.1. The number of nitrogens with zero attached hydrogens (tertiary/aromatic N) is 4. The molecule has 4 nitrogen and oxygen atoms in total. The summed E-state index contributed by atoms with van der Waals surface area (Å²) >= 11 is 19.3. The normalized spacial score (nSPS) is 14.9. The molecule has 1 aliphatic heterocycles. The highest BCUT2D eigenvalue weighted by atomic mass is 35.5. The molecular weight excluding hydrogens is 339 g/mol. The van der Waals surface area contributed by atoms with Crippen molar-refractivity contribution in [3.8, 4) is 0 Å². The number of hydrogen-bond acceptors (Lipinski definition) is 4. The lowest BCUT2D eigenvalue weighted by molar-refractivity contribution is 0.590. The second-order valence-corrected chi connectivity index (χ2v) is 6.64. The van der Waals surface area contributed by atoms with Gasteiger partial charge in [-0.1, -0.05) is 41.2 Å². The van der Waals surface area contributed by atoms with E-state index in [-0.39, 0.29) is 5.15 Å². The van der Waals surface area contributed by atoms with Gasteiger partial charge in [-0.25, -0.2) is 4.98 Å². The van der Waals surface area contributed by atoms with Gasteiger partial charge in [-0.2, -0.15) is 0 Å². The third kappa shape index (κ3) is 2.91. The summed E-state index contributed by atoms with van der Waals surface area (Å²) in [5.41, 5.74) is 0. The SMILES string of the molecule is Clc1cc(Cl)c(Sc2nnc3n2CCCCC3)nc1Cl. The molecule has 106 valence electrons. The smallest absolute Gasteiger partial charge is 0.197 e. The van der Waals surface area contributed by atoms with Crippen LogP contribution in [0.1, 0.15) is 25.1 Å². The number of fused-ring (bicyclic) bond motifs is 1. The van der Waals surface area contributed by atoms with E-state index in [1.165, 1.54) is 18.2 Å². The van der Waals surface area contributed by atoms with Crippen molar-refractivity contribution in [2.45, 2.75) is 42.4 Å². The van der Waals surface area contributed by atoms with E-state index in [0.29, 0.717) is 15.1 Å². The highest BCUT2D eigenvalue weighted by Crippen LogP contribution is 2.35. The molecule has 0 radical (unpaired) electrons. The second kappa shape index (κ2) is 6.10. The Labute approximate surface area is 135 Å². The summed E-state index contributed by atoms with van der Waals surface area (Å²) in [5.74, 6) is 1.03. The maximum Gasteiger partial charge on any atom is 0.197 e. The van der Waals surface area contributed by atoms with Crippen molar-refractivity contribution in [2.24, 2.45) is 0 Å². The Morgan fingerprint density at radius 1 is 1.05 bits per heavy atom. The predicted octanol–water partition coefficient (Wildman–Crippen LogP) is 4.51. The number of rotatable bonds is 2. The van der Waals surface area contributed by atoms with Crippen LogP contribution in [0.4, 0.5) is 0 Å². The number of pyridine rings is 1. The molecule has 2 aromatic heterocycles. The summed E-state index contributed by atoms with van der Waals surface area (Å²) in [6, 6.07) is 1.60. The van der Waals surface area contributed by atoms with E-state index in [0.717, 1.165) is 36.8 Å². The average molecular weight is 350 g/mol. The molecule has 0 aromatic carbocycles. The molecule has 3 heterocycles. The van der Waals surface area contributed by atoms with Gasteiger partial charge < -0.3 is 4.57 Å². The van der Waals surface area contributed by atoms with Crippen LogP contribution in [0.15, 0.2) is 16.2 Å². The van der Waals surface area contributed by atoms with Crippen molar-refractivity contribution < 1.29 is 0 Å². The molecule has 0 unspecified atom stereocenters. The van der Waals surface area contributed by atoms with Gasteiger partial charge in [-0.3, -0.25) is 0 Å². The Kier molecular flexibility index (Phi) is 4.40. The Bertz CT molecular complexity index is 644. The van der Waals surface area contributed by atoms with E-state index < -0.39 is 0 Å². The first-order chi connectivity index (χ1) is 9.65. The molecule has 0 bridgehead atoms. The third-order valence-electron chi connectivity index (χ3n) is 3.12. The molecule has 0 saturated carbocycles. The molecule has 3 rings (SSSR count). The summed E-state index contributed by atoms with van der Waals surface area (Å²) < 4.78 is 2.14. The van der Waals surface area contributed by atoms with Gasteiger partial charge >= 0.3 is 0 Å². The summed E-state index contributed by atoms with van der Waals surface area (Å²) in [6.45, 7) is 0.934. The van der Waals surface area contributed by atoms with Crippen LogP contribution in [0.25, 0.3) is 0 Å². The van der Waals surface area contributed by atoms with Gasteiger partial charge in [0.15, 0.2) is 5.16 Å². The Morgan fingerprint density at radius 3 is 2.75 bits per heavy atom. The van der Waals surface area contributed by atoms with Gasteiger partial charge in [0, 0.05) is 13.0 Å². The fourth-order valence-electron chi connectivity index (χ4n) is 2.12. The van der Waals surface area contributed by atoms with Crippen molar-refractivity contribution in [3.63, 3.8) is 0 Å². The minimum absolute atomic E-state index is 0.245. The minimum atomic E-state index is 0.245. The van der Waals surface area contributed by atoms with Crippen LogP contribution in [0.5, 0.6) is 0 Å². The zero-order valence-electron chi connectivity index (χ0n) is 10.4. The molecule has 0 spiro atoms. The largest absolute Gasteiger partial charge is 0.306 e. The summed E-state index contributed by atoms with van der Waals surface area (Å²) in [5, 5.41) is 10.9. The van der Waals surface area contributed by atoms with Gasteiger partial charge in [0.2, 0.25) is 0 Å². The molecule has 0 atom stereocenters. The van der Waals surface area contributed by atoms with Crippen LogP contribution in [0.2, 0.25) is 15.2 Å². The first-order valence-corrected chi connectivity index (χ1v) is 8.21. The lowest BCUT2D eigenvalue weighted by Crippen LogP contribution is -2.02. The van der Waals surface area contributed by atoms with E-state index in [9.17, 15) is 0 Å². The Balaban J connectivity index is 1.92. The van der Waals surface area contributed by atoms with Crippen LogP contribution in [0, 0.1) is 0 Å². The standard InChI is InChI=1S/C12H11Cl3N4S/c13-7-6-8(14)11(16-10(7)15)20-12-18-17-9-4-2-1-3-5-19(9)12/h6H,1-5H2. The van der Waals surface area contributed by atoms with Gasteiger partial charge in [0.25, 0.3) is 0 Å². The highest BCUT2D eigenvalue weighted by Gasteiger charge is 2.18. The number of halogens is 3. The fraction of sp³-hybridized carbons (Fsp3) is 0.417. The first kappa shape index (κ1) is 14.4. The van der Waals surface area contributed by atoms with Gasteiger partial charge in [0.05, 0.1) is 10.0 Å². The number of hydrogen-bond donors (Lipinski definition) is 0. The second-order valence-electron chi connectivity index (χ2n) is 4.51. The number of aryl methyl sites for hydroxylation is 1. The average Bonchev–Trinajstić information content (AvgIpc) is 2.65. The minimum Gasteiger partial charge on any atom is -0.306 e. The molecule has 1 aliphatic rings. The van der Waals surface area contributed by atoms with Crippen LogP contribution >= 0.6 is 46.6 Å². The van der Waals surface area contributed by atoms with Gasteiger partial charge in [-0.05, 0) is 30.7 Å². The van der Waals surface area contributed by atoms with Crippen molar-refractivity contribution in [3.05, 3.63) is 27.1 Å². The Hall–Kier alpha value is -0.490. The maximum absolute atomic E-state index is 6.15. The lowest BCUT2D eigenvalue weighted by atomic mass is 10.2. The summed E-state index contributed by atoms with van der Waals surface area (Å²) in [6.07, 6.45) is 4.49. The zero-order valence-corrected chi connectivity index (χ0v) is 13.5. The number of aromatic nitrogens is 4. The molecule has 20 heavy (non-hydrogen) atoms. The van der Waals surface area contributed by atoms with Crippen molar-refractivity contribution in [1.82, 2.24) is 19.7 Å². The van der Waals surface area contributed by atoms with Gasteiger partial charge in [-0.15, -0.1) is 10.2 Å². The van der Waals surface area contributed by atoms with Crippen LogP contribution in [-0.4, -0.2) is 19.7 Å². The van der Waals surface area contributed by atoms with Crippen LogP contribution < -0.4 is 0 Å². The molecule has 0 amide bonds. The summed E-state index contributed by atoms with van der Waals surface area (Å²) in [4.78, 5) is 4.20. The molecule has 2 aromatic rings. The van der Waals surface area contributed by atoms with E-state index in [1.54, 1.807) is 6.07 Å². The molecule has 0 N–H and O–H groups in total. The molecular formula is C12H11Cl3N4S. The van der Waals surface area contributed by atoms with E-state index >= 15 is 0 Å². The van der Waals surface area contributed by atoms with Crippen molar-refractivity contribution >= 4 is 46.6 Å². The first-order valence-electron chi connectivity index (χ1n) is 6.26. The van der Waals surface area contributed by atoms with Crippen molar-refractivity contribution in [2.75, 3.05) is 0 Å². The topological polar surface area (TPSA) is 43.6 Å². The Morgan fingerprint density at radius 2 is 1.90 bits per heavy atom. The van der Waals surface area contributed by atoms with E-state index in [1.807, 2.05) is 0 Å². The quantitative estimate of drug-likeness (QED) is 0.748. The highest BCUT2D eigenvalue weighted by molar-refractivity contribution is 7.99. The van der Waals surface area contributed by atoms with E-state index in [2.05, 4.69) is 19.7 Å². The van der Waals surface area contributed by atoms with Crippen molar-refractivity contribution in [1.29, 1.82) is 0 Å². The van der Waals surface area contributed by atoms with Crippen LogP contribution in [-0.2, 0) is 13.0 Å². The van der Waals surface area contributed by atoms with Gasteiger partial charge in [0.1, 0.15) is 16.0 Å². The molecule has 0 aliphatic carbocycles. The molecule has 0 fully saturated rings. The van der Waals surface area contributed by atoms with Crippen LogP contribution in [0.3, 0.4) is 0 Å². The third-order valence-corrected chi connectivity index (χ3v) is 5.18. The monoisotopic (exact) mass is 348 g/mol. The maximum atomic E-state index is 6.15. The molecule has 0 saturated heterocycles. The predicted molar refractivity (Wildman–Crippen MR) is 81.0 cm³/mol. The fourth-order valence-corrected chi connectivity index (χ4v) is 3.64.